The van der Waals surface area contributed by atoms with Gasteiger partial charge in [0.25, 0.3) is 30.4 Å². The second-order valence-electron chi connectivity index (χ2n) is 36.9. The summed E-state index contributed by atoms with van der Waals surface area (Å²) in [4.78, 5) is 169. The molecule has 0 saturated carbocycles. The molecule has 798 valence electrons. The fourth-order valence-electron chi connectivity index (χ4n) is 17.3. The molecule has 3 aromatic rings. The van der Waals surface area contributed by atoms with E-state index in [1.165, 1.54) is 57.2 Å². The summed E-state index contributed by atoms with van der Waals surface area (Å²) in [6.45, 7) is 6.27. The molecule has 1 aliphatic carbocycles. The smallest absolute Gasteiger partial charge is 0.744 e. The Labute approximate surface area is 861 Å². The number of carbonyl (C=O) groups excluding carboxylic acids is 9. The van der Waals surface area contributed by atoms with E-state index in [1.807, 2.05) is 66.8 Å². The number of fused-ring (bicyclic) bond motifs is 2. The van der Waals surface area contributed by atoms with E-state index < -0.39 is 190 Å². The maximum Gasteiger partial charge on any atom is 3.00 e. The molecule has 1 saturated heterocycles. The van der Waals surface area contributed by atoms with Crippen LogP contribution in [0.1, 0.15) is 206 Å². The Hall–Kier alpha value is -10.8. The fraction of sp³-hybridized carbons (Fsp3) is 0.574. The van der Waals surface area contributed by atoms with Gasteiger partial charge in [-0.25, -0.2) is 27.6 Å². The van der Waals surface area contributed by atoms with Gasteiger partial charge in [0.15, 0.2) is 5.71 Å². The van der Waals surface area contributed by atoms with Crippen LogP contribution in [0.4, 0.5) is 16.2 Å². The molecule has 0 radical (unpaired) electrons. The van der Waals surface area contributed by atoms with Gasteiger partial charge in [0.05, 0.1) is 50.3 Å². The third-order valence-electron chi connectivity index (χ3n) is 25.1. The number of amides is 7. The SMILES string of the molecule is CC1(C)C(/C=C/C2=C(Oc3ccc(S(=O)(=O)O)cc3)C(=C/C=C3/N(CCCCS(=O)(=O)O)c4ccc(S(=O)(=O)O)cc4C3(C)C)/CCC2)=[N+](CCCCCC(=O)NCCCC[C@H](NC(=O)CN2CCN(CC(=O)[O-])CCN(CC(=O)[O-])CCN(CC(=O)[O-])CC2)C(=O)N[C@@H](CCCCNC(=O)CCCCCCC(=O)NCCCC[C@H](NC(=O)N[C@@H](CCC(=O)O)C(=O)O)C(=O)O)C(=O)O)c2ccc(S(=O)(=O)[O-])cc21.[In+3]. The number of urea groups is 1. The number of rotatable bonds is 60. The minimum atomic E-state index is -4.96. The van der Waals surface area contributed by atoms with Crippen molar-refractivity contribution in [3.63, 3.8) is 0 Å². The number of anilines is 1. The standard InChI is InChI=1S/C94H135N13O33S4.In/c1-93(2)69-57-67(143(134,135)136)35-38-75(69)106(77(93)40-29-63-21-20-22-64(87(63)140-65-31-33-66(34-32-65)142(131,132)133)30-41-78-94(3,4)70-58-68(144(137,138)139)36-39-76(70)107(78)47-18-19-56-141(128,129)130)46-17-7-10-28-81(110)95-43-14-11-23-71(98-82(111)59-102-48-50-103(60-84(114)115)52-54-105(62-86(118)119)55-53-104(51-49-102)61-85(116)117)88(120)99-72(89(121)122)24-12-15-44-96-79(108)26-8-5-6-9-27-80(109)97-45-16-13-25-73(90(123)124)100-92(127)101-74(91(125)126)37-42-83(112)113;/h29-36,38-41,57-58,71-74H,5-28,37,42-56,59-62H2,1-4H3,(H17-,95,96,97,98,99,100,101,108,109,110,111,112,113,114,115,116,117,118,119,120,121,122,123,124,125,126,127,128,129,130,131,132,133,134,135,136,137,138,139);/q;+3/p-3/t71-,72-,73-,74-;/m0./s1. The predicted molar refractivity (Wildman–Crippen MR) is 519 cm³/mol. The zero-order chi connectivity index (χ0) is 106. The van der Waals surface area contributed by atoms with E-state index in [0.29, 0.717) is 128 Å². The van der Waals surface area contributed by atoms with Crippen LogP contribution in [0.25, 0.3) is 0 Å². The molecule has 7 amide bonds. The number of allylic oxidation sites excluding steroid dienone is 7. The van der Waals surface area contributed by atoms with E-state index in [2.05, 4.69) is 31.9 Å². The van der Waals surface area contributed by atoms with Crippen molar-refractivity contribution in [2.75, 3.05) is 122 Å². The molecule has 7 rings (SSSR count). The van der Waals surface area contributed by atoms with Gasteiger partial charge in [-0.1, -0.05) is 32.8 Å². The summed E-state index contributed by atoms with van der Waals surface area (Å²) in [6.07, 6.45) is 13.2. The van der Waals surface area contributed by atoms with E-state index in [9.17, 15) is 145 Å². The van der Waals surface area contributed by atoms with Crippen molar-refractivity contribution in [2.45, 2.75) is 244 Å². The van der Waals surface area contributed by atoms with Crippen molar-refractivity contribution in [1.29, 1.82) is 0 Å². The molecule has 1 fully saturated rings. The number of carbonyl (C=O) groups is 13. The van der Waals surface area contributed by atoms with Gasteiger partial charge in [0.1, 0.15) is 52.3 Å². The second kappa shape index (κ2) is 58.6. The third-order valence-corrected chi connectivity index (χ3v) is 28.4. The Morgan fingerprint density at radius 2 is 0.910 bits per heavy atom. The summed E-state index contributed by atoms with van der Waals surface area (Å²) in [6, 6.07) is 6.33. The number of carboxylic acid groups (broad SMARTS) is 7. The molecule has 0 spiro atoms. The van der Waals surface area contributed by atoms with Gasteiger partial charge < -0.3 is 102 Å². The van der Waals surface area contributed by atoms with Crippen molar-refractivity contribution in [1.82, 2.24) is 56.8 Å². The topological polar surface area (TPSA) is 705 Å². The van der Waals surface area contributed by atoms with Crippen LogP contribution in [0.2, 0.25) is 0 Å². The predicted octanol–water partition coefficient (Wildman–Crippen LogP) is 0.785. The molecule has 4 atom stereocenters. The number of aliphatic carboxylic acids is 7. The minimum absolute atomic E-state index is 0. The first-order chi connectivity index (χ1) is 67.7. The molecule has 4 aliphatic rings. The van der Waals surface area contributed by atoms with Crippen molar-refractivity contribution < 1.29 is 159 Å². The van der Waals surface area contributed by atoms with Gasteiger partial charge in [-0.3, -0.25) is 62.0 Å². The maximum absolute atomic E-state index is 14.4. The Balaban J connectivity index is 0.0000321. The quantitative estimate of drug-likeness (QED) is 0.0211. The Bertz CT molecular complexity index is 5690. The van der Waals surface area contributed by atoms with Crippen LogP contribution in [-0.2, 0) is 109 Å². The van der Waals surface area contributed by atoms with Crippen LogP contribution in [0.5, 0.6) is 5.75 Å². The molecule has 3 aliphatic heterocycles. The van der Waals surface area contributed by atoms with E-state index in [1.54, 1.807) is 11.0 Å². The van der Waals surface area contributed by atoms with E-state index in [-0.39, 0.29) is 216 Å². The number of hydrogen-bond acceptors (Lipinski definition) is 31. The zero-order valence-electron chi connectivity index (χ0n) is 81.6. The Morgan fingerprint density at radius 3 is 1.37 bits per heavy atom. The molecule has 145 heavy (non-hydrogen) atoms. The van der Waals surface area contributed by atoms with Crippen LogP contribution in [0, 0.1) is 0 Å². The summed E-state index contributed by atoms with van der Waals surface area (Å²) in [7, 11) is -18.6. The normalized spacial score (nSPS) is 17.0. The van der Waals surface area contributed by atoms with E-state index in [4.69, 9.17) is 9.84 Å². The van der Waals surface area contributed by atoms with E-state index >= 15 is 0 Å². The average Bonchev–Trinajstić information content (AvgIpc) is 1.59. The summed E-state index contributed by atoms with van der Waals surface area (Å²) in [5.41, 5.74) is 2.82. The number of ether oxygens (including phenoxy) is 1. The van der Waals surface area contributed by atoms with Crippen molar-refractivity contribution >= 4 is 161 Å². The van der Waals surface area contributed by atoms with Crippen LogP contribution < -0.4 is 62.2 Å². The first kappa shape index (κ1) is 123. The van der Waals surface area contributed by atoms with Gasteiger partial charge in [0.2, 0.25) is 35.2 Å². The zero-order valence-corrected chi connectivity index (χ0v) is 88.2. The number of nitrogens with one attached hydrogen (secondary N) is 7. The number of unbranched alkanes of at least 4 members (excludes halogenated alkanes) is 9. The number of hydrogen-bond donors (Lipinski definition) is 14. The molecule has 46 nitrogen and oxygen atoms in total. The van der Waals surface area contributed by atoms with Gasteiger partial charge in [-0.05, 0) is 219 Å². The molecule has 3 aromatic carbocycles. The van der Waals surface area contributed by atoms with Crippen LogP contribution in [0.15, 0.2) is 122 Å². The van der Waals surface area contributed by atoms with Gasteiger partial charge in [-0.2, -0.15) is 29.8 Å². The maximum atomic E-state index is 14.4. The van der Waals surface area contributed by atoms with Gasteiger partial charge >= 0.3 is 55.8 Å². The first-order valence-electron chi connectivity index (χ1n) is 47.7. The van der Waals surface area contributed by atoms with Crippen LogP contribution in [0.3, 0.4) is 0 Å². The summed E-state index contributed by atoms with van der Waals surface area (Å²) in [5.74, 6) is -12.4. The Morgan fingerprint density at radius 1 is 0.462 bits per heavy atom. The molecule has 3 heterocycles. The van der Waals surface area contributed by atoms with Gasteiger partial charge in [-0.15, -0.1) is 0 Å². The van der Waals surface area contributed by atoms with Crippen LogP contribution >= 0.6 is 0 Å². The third kappa shape index (κ3) is 42.1. The second-order valence-corrected chi connectivity index (χ2v) is 42.7. The fourth-order valence-corrected chi connectivity index (χ4v) is 19.4. The monoisotopic (exact) mass is 2210 g/mol. The molecule has 51 heteroatoms. The van der Waals surface area contributed by atoms with Gasteiger partial charge in [0, 0.05) is 165 Å². The molecule has 0 unspecified atom stereocenters. The molecule has 0 bridgehead atoms. The number of nitrogens with zero attached hydrogens (tertiary/aromatic N) is 6. The van der Waals surface area contributed by atoms with Crippen molar-refractivity contribution in [2.24, 2.45) is 0 Å². The molecular formula is C94H132InN13O33S4. The first-order valence-corrected chi connectivity index (χ1v) is 53.6. The minimum Gasteiger partial charge on any atom is -0.744 e. The van der Waals surface area contributed by atoms with Crippen molar-refractivity contribution in [3.8, 4) is 5.75 Å². The van der Waals surface area contributed by atoms with Crippen molar-refractivity contribution in [3.05, 3.63) is 119 Å². The number of benzene rings is 3. The largest absolute Gasteiger partial charge is 3.00 e. The molecule has 0 aromatic heterocycles. The Kier molecular flexibility index (Phi) is 49.7. The molecule has 14 N–H and O–H groups in total. The summed E-state index contributed by atoms with van der Waals surface area (Å²) < 4.78 is 149. The van der Waals surface area contributed by atoms with Crippen LogP contribution in [-0.4, -0.2) is 347 Å². The molecular weight excluding hydrogens is 2080 g/mol. The summed E-state index contributed by atoms with van der Waals surface area (Å²) >= 11 is 0. The summed E-state index contributed by atoms with van der Waals surface area (Å²) in [5, 5.41) is 91.5. The average molecular weight is 2220 g/mol. The number of carboxylic acids is 7. The van der Waals surface area contributed by atoms with E-state index in [0.717, 1.165) is 12.1 Å².